The van der Waals surface area contributed by atoms with Crippen LogP contribution in [0.25, 0.3) is 0 Å². The van der Waals surface area contributed by atoms with Crippen LogP contribution in [0.3, 0.4) is 0 Å². The largest absolute Gasteiger partial charge is 0.451 e. The molecule has 1 atom stereocenters. The van der Waals surface area contributed by atoms with E-state index < -0.39 is 42.0 Å². The first-order chi connectivity index (χ1) is 15.8. The number of anilines is 1. The fourth-order valence-electron chi connectivity index (χ4n) is 4.69. The van der Waals surface area contributed by atoms with Crippen LogP contribution in [0.1, 0.15) is 70.7 Å². The molecule has 1 aliphatic carbocycles. The Kier molecular flexibility index (Phi) is 7.14. The number of nitrogens with one attached hydrogen (secondary N) is 2. The van der Waals surface area contributed by atoms with Gasteiger partial charge in [0.1, 0.15) is 12.1 Å². The summed E-state index contributed by atoms with van der Waals surface area (Å²) in [6.07, 6.45) is 1.49. The fraction of sp³-hybridized carbons (Fsp3) is 0.560. The van der Waals surface area contributed by atoms with E-state index in [0.29, 0.717) is 30.0 Å². The number of hydrogen-bond donors (Lipinski definition) is 2. The van der Waals surface area contributed by atoms with E-state index in [1.165, 1.54) is 13.8 Å². The van der Waals surface area contributed by atoms with Crippen molar-refractivity contribution >= 4 is 35.3 Å². The van der Waals surface area contributed by atoms with E-state index >= 15 is 0 Å². The highest BCUT2D eigenvalue weighted by Gasteiger charge is 2.53. The molecule has 1 saturated heterocycles. The Morgan fingerprint density at radius 3 is 2.38 bits per heavy atom. The maximum atomic E-state index is 13.1. The third kappa shape index (κ3) is 5.29. The molecule has 1 saturated carbocycles. The van der Waals surface area contributed by atoms with E-state index in [1.807, 2.05) is 0 Å². The summed E-state index contributed by atoms with van der Waals surface area (Å²) < 4.78 is 5.17. The van der Waals surface area contributed by atoms with Gasteiger partial charge < -0.3 is 15.4 Å². The molecule has 3 rings (SSSR count). The molecule has 1 aromatic rings. The average molecular weight is 472 g/mol. The van der Waals surface area contributed by atoms with Gasteiger partial charge in [0.05, 0.1) is 5.69 Å². The number of para-hydroxylation sites is 1. The minimum atomic E-state index is -1.19. The molecule has 2 N–H and O–H groups in total. The van der Waals surface area contributed by atoms with Crippen molar-refractivity contribution in [2.24, 2.45) is 11.3 Å². The highest BCUT2D eigenvalue weighted by Crippen LogP contribution is 2.43. The maximum Gasteiger partial charge on any atom is 0.327 e. The standard InChI is InChI=1S/C25H33N3O6/c1-15(29)18-8-6-7-9-19(18)26-21(31)16(2)34-20(30)14-28-22(32)25(27-23(28)33)12-10-17(11-13-25)24(3,4)5/h6-9,16-17H,10-14H2,1-5H3,(H,26,31)(H,27,33). The lowest BCUT2D eigenvalue weighted by Gasteiger charge is -2.40. The molecule has 2 aliphatic rings. The number of nitrogens with zero attached hydrogens (tertiary/aromatic N) is 1. The SMILES string of the molecule is CC(=O)c1ccccc1NC(=O)C(C)OC(=O)CN1C(=O)NC2(CCC(C(C)(C)C)CC2)C1=O. The number of carbonyl (C=O) groups excluding carboxylic acids is 5. The summed E-state index contributed by atoms with van der Waals surface area (Å²) >= 11 is 0. The number of ketones is 1. The molecule has 0 aromatic heterocycles. The van der Waals surface area contributed by atoms with Crippen molar-refractivity contribution in [3.63, 3.8) is 0 Å². The Hall–Kier alpha value is -3.23. The van der Waals surface area contributed by atoms with Crippen LogP contribution in [0.2, 0.25) is 0 Å². The third-order valence-corrected chi connectivity index (χ3v) is 6.84. The van der Waals surface area contributed by atoms with Gasteiger partial charge in [-0.15, -0.1) is 0 Å². The second kappa shape index (κ2) is 9.56. The van der Waals surface area contributed by atoms with E-state index in [9.17, 15) is 24.0 Å². The first-order valence-corrected chi connectivity index (χ1v) is 11.6. The van der Waals surface area contributed by atoms with Crippen molar-refractivity contribution in [3.8, 4) is 0 Å². The van der Waals surface area contributed by atoms with Crippen molar-refractivity contribution in [1.82, 2.24) is 10.2 Å². The van der Waals surface area contributed by atoms with E-state index in [0.717, 1.165) is 17.7 Å². The van der Waals surface area contributed by atoms with E-state index in [4.69, 9.17) is 4.74 Å². The lowest BCUT2D eigenvalue weighted by atomic mass is 9.67. The van der Waals surface area contributed by atoms with Crippen LogP contribution in [0.5, 0.6) is 0 Å². The summed E-state index contributed by atoms with van der Waals surface area (Å²) in [6.45, 7) is 8.70. The van der Waals surface area contributed by atoms with Gasteiger partial charge >= 0.3 is 12.0 Å². The molecule has 184 valence electrons. The summed E-state index contributed by atoms with van der Waals surface area (Å²) in [6, 6.07) is 5.88. The number of rotatable bonds is 6. The van der Waals surface area contributed by atoms with Crippen molar-refractivity contribution < 1.29 is 28.7 Å². The van der Waals surface area contributed by atoms with E-state index in [1.54, 1.807) is 24.3 Å². The summed E-state index contributed by atoms with van der Waals surface area (Å²) in [5, 5.41) is 5.36. The molecule has 34 heavy (non-hydrogen) atoms. The van der Waals surface area contributed by atoms with Crippen LogP contribution in [-0.2, 0) is 19.1 Å². The van der Waals surface area contributed by atoms with Crippen LogP contribution >= 0.6 is 0 Å². The van der Waals surface area contributed by atoms with Gasteiger partial charge in [-0.2, -0.15) is 0 Å². The molecule has 1 heterocycles. The molecule has 1 aliphatic heterocycles. The maximum absolute atomic E-state index is 13.1. The second-order valence-corrected chi connectivity index (χ2v) is 10.3. The molecule has 1 unspecified atom stereocenters. The zero-order valence-corrected chi connectivity index (χ0v) is 20.4. The first kappa shape index (κ1) is 25.4. The van der Waals surface area contributed by atoms with Gasteiger partial charge in [-0.05, 0) is 63.0 Å². The summed E-state index contributed by atoms with van der Waals surface area (Å²) in [5.41, 5.74) is -0.207. The van der Waals surface area contributed by atoms with Crippen LogP contribution in [0, 0.1) is 11.3 Å². The summed E-state index contributed by atoms with van der Waals surface area (Å²) in [5.74, 6) is -1.68. The Balaban J connectivity index is 1.57. The Bertz CT molecular complexity index is 1000. The highest BCUT2D eigenvalue weighted by atomic mass is 16.5. The van der Waals surface area contributed by atoms with E-state index in [-0.39, 0.29) is 11.2 Å². The predicted octanol–water partition coefficient (Wildman–Crippen LogP) is 3.29. The zero-order chi connectivity index (χ0) is 25.3. The highest BCUT2D eigenvalue weighted by molar-refractivity contribution is 6.09. The number of hydrogen-bond acceptors (Lipinski definition) is 6. The molecule has 1 spiro atoms. The monoisotopic (exact) mass is 471 g/mol. The minimum absolute atomic E-state index is 0.123. The van der Waals surface area contributed by atoms with Gasteiger partial charge in [0.2, 0.25) is 0 Å². The number of benzene rings is 1. The fourth-order valence-corrected chi connectivity index (χ4v) is 4.69. The number of esters is 1. The quantitative estimate of drug-likeness (QED) is 0.373. The van der Waals surface area contributed by atoms with Crippen LogP contribution in [0.15, 0.2) is 24.3 Å². The molecule has 4 amide bonds. The second-order valence-electron chi connectivity index (χ2n) is 10.3. The Morgan fingerprint density at radius 2 is 1.79 bits per heavy atom. The van der Waals surface area contributed by atoms with Crippen molar-refractivity contribution in [3.05, 3.63) is 29.8 Å². The van der Waals surface area contributed by atoms with Crippen LogP contribution < -0.4 is 10.6 Å². The predicted molar refractivity (Wildman–Crippen MR) is 125 cm³/mol. The van der Waals surface area contributed by atoms with Gasteiger partial charge in [0.25, 0.3) is 11.8 Å². The Morgan fingerprint density at radius 1 is 1.18 bits per heavy atom. The minimum Gasteiger partial charge on any atom is -0.451 e. The topological polar surface area (TPSA) is 122 Å². The molecular weight excluding hydrogens is 438 g/mol. The molecular formula is C25H33N3O6. The number of urea groups is 1. The van der Waals surface area contributed by atoms with Crippen molar-refractivity contribution in [2.75, 3.05) is 11.9 Å². The lowest BCUT2D eigenvalue weighted by Crippen LogP contribution is -2.50. The molecule has 9 heteroatoms. The summed E-state index contributed by atoms with van der Waals surface area (Å²) in [4.78, 5) is 63.1. The third-order valence-electron chi connectivity index (χ3n) is 6.84. The number of amides is 4. The first-order valence-electron chi connectivity index (χ1n) is 11.6. The molecule has 1 aromatic carbocycles. The molecule has 2 fully saturated rings. The molecule has 0 bridgehead atoms. The van der Waals surface area contributed by atoms with Gasteiger partial charge in [-0.1, -0.05) is 32.9 Å². The van der Waals surface area contributed by atoms with Gasteiger partial charge in [-0.3, -0.25) is 24.1 Å². The Labute approximate surface area is 199 Å². The van der Waals surface area contributed by atoms with Crippen LogP contribution in [-0.4, -0.2) is 52.7 Å². The number of imide groups is 1. The number of carbonyl (C=O) groups is 5. The van der Waals surface area contributed by atoms with Gasteiger partial charge in [0, 0.05) is 5.56 Å². The van der Waals surface area contributed by atoms with Crippen molar-refractivity contribution in [1.29, 1.82) is 0 Å². The smallest absolute Gasteiger partial charge is 0.327 e. The number of ether oxygens (including phenoxy) is 1. The van der Waals surface area contributed by atoms with Gasteiger partial charge in [-0.25, -0.2) is 4.79 Å². The summed E-state index contributed by atoms with van der Waals surface area (Å²) in [7, 11) is 0. The van der Waals surface area contributed by atoms with E-state index in [2.05, 4.69) is 31.4 Å². The van der Waals surface area contributed by atoms with Gasteiger partial charge in [0.15, 0.2) is 11.9 Å². The van der Waals surface area contributed by atoms with Crippen molar-refractivity contribution in [2.45, 2.75) is 71.9 Å². The number of Topliss-reactive ketones (excluding diaryl/α,β-unsaturated/α-hetero) is 1. The molecule has 0 radical (unpaired) electrons. The lowest BCUT2D eigenvalue weighted by molar-refractivity contribution is -0.155. The van der Waals surface area contributed by atoms with Crippen LogP contribution in [0.4, 0.5) is 10.5 Å². The normalized spacial score (nSPS) is 23.4. The average Bonchev–Trinajstić information content (AvgIpc) is 2.97. The zero-order valence-electron chi connectivity index (χ0n) is 20.4. The molecule has 9 nitrogen and oxygen atoms in total.